The zero-order chi connectivity index (χ0) is 42.9. The molecular weight excluding hydrogens is 802 g/mol. The van der Waals surface area contributed by atoms with Crippen molar-refractivity contribution < 1.29 is 0 Å². The Bertz CT molecular complexity index is 3290. The van der Waals surface area contributed by atoms with E-state index in [-0.39, 0.29) is 6.71 Å². The molecule has 0 amide bonds. The summed E-state index contributed by atoms with van der Waals surface area (Å²) >= 11 is 0. The van der Waals surface area contributed by atoms with Crippen LogP contribution in [0.4, 0.5) is 51.2 Å². The fourth-order valence-electron chi connectivity index (χ4n) is 11.3. The fraction of sp³-hybridized carbons (Fsp3) is 0. The minimum absolute atomic E-state index is 0.00112. The molecule has 304 valence electrons. The Kier molecular flexibility index (Phi) is 8.65. The van der Waals surface area contributed by atoms with Crippen LogP contribution in [0.25, 0.3) is 11.1 Å². The van der Waals surface area contributed by atoms with Crippen LogP contribution in [0.2, 0.25) is 0 Å². The number of para-hydroxylation sites is 3. The first-order chi connectivity index (χ1) is 32.3. The van der Waals surface area contributed by atoms with Crippen LogP contribution in [0.15, 0.2) is 255 Å². The molecule has 10 aromatic rings. The Balaban J connectivity index is 1.18. The second-order valence-corrected chi connectivity index (χ2v) is 20.9. The van der Waals surface area contributed by atoms with E-state index in [2.05, 4.69) is 269 Å². The van der Waals surface area contributed by atoms with E-state index in [1.165, 1.54) is 71.0 Å². The first kappa shape index (κ1) is 37.4. The molecule has 10 aromatic carbocycles. The number of anilines is 9. The van der Waals surface area contributed by atoms with E-state index < -0.39 is 8.07 Å². The average Bonchev–Trinajstić information content (AvgIpc) is 3.38. The molecule has 3 nitrogen and oxygen atoms in total. The van der Waals surface area contributed by atoms with Gasteiger partial charge < -0.3 is 14.7 Å². The Labute approximate surface area is 381 Å². The summed E-state index contributed by atoms with van der Waals surface area (Å²) < 4.78 is 0. The monoisotopic (exact) mass is 843 g/mol. The van der Waals surface area contributed by atoms with Crippen LogP contribution in [0.5, 0.6) is 0 Å². The molecule has 3 heterocycles. The van der Waals surface area contributed by atoms with Gasteiger partial charge in [0.1, 0.15) is 0 Å². The molecule has 0 spiro atoms. The predicted molar refractivity (Wildman–Crippen MR) is 278 cm³/mol. The van der Waals surface area contributed by atoms with Gasteiger partial charge in [-0.25, -0.2) is 0 Å². The first-order valence-electron chi connectivity index (χ1n) is 22.6. The summed E-state index contributed by atoms with van der Waals surface area (Å²) in [6.07, 6.45) is 0. The summed E-state index contributed by atoms with van der Waals surface area (Å²) in [4.78, 5) is 7.56. The number of nitrogens with zero attached hydrogens (tertiary/aromatic N) is 3. The van der Waals surface area contributed by atoms with Gasteiger partial charge in [-0.2, -0.15) is 0 Å². The second kappa shape index (κ2) is 15.0. The van der Waals surface area contributed by atoms with E-state index in [0.29, 0.717) is 0 Å². The number of hydrogen-bond donors (Lipinski definition) is 0. The Morgan fingerprint density at radius 3 is 1.18 bits per heavy atom. The summed E-state index contributed by atoms with van der Waals surface area (Å²) in [5, 5.41) is 5.70. The van der Waals surface area contributed by atoms with Gasteiger partial charge >= 0.3 is 0 Å². The molecule has 0 aromatic heterocycles. The van der Waals surface area contributed by atoms with E-state index in [1.54, 1.807) is 0 Å². The van der Waals surface area contributed by atoms with Crippen LogP contribution < -0.4 is 51.8 Å². The molecule has 3 aliphatic heterocycles. The van der Waals surface area contributed by atoms with Gasteiger partial charge in [-0.05, 0) is 121 Å². The fourth-order valence-corrected chi connectivity index (χ4v) is 16.6. The Hall–Kier alpha value is -8.12. The lowest BCUT2D eigenvalue weighted by Gasteiger charge is -2.51. The molecule has 0 radical (unpaired) electrons. The third-order valence-electron chi connectivity index (χ3n) is 13.9. The minimum Gasteiger partial charge on any atom is -0.311 e. The van der Waals surface area contributed by atoms with Crippen LogP contribution in [-0.4, -0.2) is 14.8 Å². The van der Waals surface area contributed by atoms with Gasteiger partial charge in [-0.1, -0.05) is 182 Å². The van der Waals surface area contributed by atoms with E-state index in [1.807, 2.05) is 0 Å². The van der Waals surface area contributed by atoms with E-state index in [0.717, 1.165) is 28.4 Å². The zero-order valence-electron chi connectivity index (χ0n) is 35.7. The van der Waals surface area contributed by atoms with Crippen LogP contribution in [-0.2, 0) is 0 Å². The van der Waals surface area contributed by atoms with Crippen molar-refractivity contribution in [2.45, 2.75) is 0 Å². The molecule has 5 heteroatoms. The molecular formula is C60H42BN3Si. The quantitative estimate of drug-likeness (QED) is 0.141. The second-order valence-electron chi connectivity index (χ2n) is 17.2. The van der Waals surface area contributed by atoms with Gasteiger partial charge in [0.15, 0.2) is 8.07 Å². The van der Waals surface area contributed by atoms with Gasteiger partial charge in [-0.15, -0.1) is 0 Å². The summed E-state index contributed by atoms with van der Waals surface area (Å²) in [6.45, 7) is 0.00112. The van der Waals surface area contributed by atoms with Gasteiger partial charge in [0.2, 0.25) is 0 Å². The van der Waals surface area contributed by atoms with Crippen molar-refractivity contribution in [3.05, 3.63) is 255 Å². The zero-order valence-corrected chi connectivity index (χ0v) is 36.7. The van der Waals surface area contributed by atoms with Crippen molar-refractivity contribution in [2.24, 2.45) is 0 Å². The van der Waals surface area contributed by atoms with Crippen molar-refractivity contribution in [1.29, 1.82) is 0 Å². The van der Waals surface area contributed by atoms with Crippen molar-refractivity contribution in [2.75, 3.05) is 14.7 Å². The molecule has 0 aliphatic carbocycles. The van der Waals surface area contributed by atoms with Gasteiger partial charge in [-0.3, -0.25) is 0 Å². The normalized spacial score (nSPS) is 13.6. The lowest BCUT2D eigenvalue weighted by Crippen LogP contribution is -2.88. The van der Waals surface area contributed by atoms with Crippen LogP contribution >= 0.6 is 0 Å². The maximum absolute atomic E-state index is 2.95. The molecule has 0 N–H and O–H groups in total. The Morgan fingerprint density at radius 2 is 0.708 bits per heavy atom. The lowest BCUT2D eigenvalue weighted by atomic mass is 9.33. The summed E-state index contributed by atoms with van der Waals surface area (Å²) in [7, 11) is -2.95. The van der Waals surface area contributed by atoms with Crippen LogP contribution in [0.1, 0.15) is 0 Å². The van der Waals surface area contributed by atoms with E-state index in [4.69, 9.17) is 0 Å². The molecule has 0 fully saturated rings. The molecule has 0 saturated heterocycles. The maximum Gasteiger partial charge on any atom is 0.251 e. The van der Waals surface area contributed by atoms with E-state index >= 15 is 0 Å². The van der Waals surface area contributed by atoms with Crippen molar-refractivity contribution in [1.82, 2.24) is 0 Å². The van der Waals surface area contributed by atoms with Crippen molar-refractivity contribution >= 4 is 103 Å². The predicted octanol–water partition coefficient (Wildman–Crippen LogP) is 10.6. The lowest BCUT2D eigenvalue weighted by molar-refractivity contribution is 1.23. The molecule has 0 atom stereocenters. The average molecular weight is 844 g/mol. The topological polar surface area (TPSA) is 9.72 Å². The summed E-state index contributed by atoms with van der Waals surface area (Å²) in [6, 6.07) is 94.7. The highest BCUT2D eigenvalue weighted by atomic mass is 28.3. The maximum atomic E-state index is 2.58. The van der Waals surface area contributed by atoms with Crippen molar-refractivity contribution in [3.8, 4) is 11.1 Å². The molecule has 65 heavy (non-hydrogen) atoms. The van der Waals surface area contributed by atoms with Crippen molar-refractivity contribution in [3.63, 3.8) is 0 Å². The third kappa shape index (κ3) is 5.62. The first-order valence-corrected chi connectivity index (χ1v) is 24.6. The minimum atomic E-state index is -2.95. The van der Waals surface area contributed by atoms with Gasteiger partial charge in [0, 0.05) is 45.5 Å². The third-order valence-corrected chi connectivity index (χ3v) is 18.8. The van der Waals surface area contributed by atoms with Crippen LogP contribution in [0, 0.1) is 0 Å². The smallest absolute Gasteiger partial charge is 0.251 e. The highest BCUT2D eigenvalue weighted by Gasteiger charge is 2.56. The largest absolute Gasteiger partial charge is 0.311 e. The van der Waals surface area contributed by atoms with Crippen LogP contribution in [0.3, 0.4) is 0 Å². The number of benzene rings is 10. The van der Waals surface area contributed by atoms with E-state index in [9.17, 15) is 0 Å². The molecule has 3 aliphatic rings. The van der Waals surface area contributed by atoms with Gasteiger partial charge in [0.05, 0.1) is 5.69 Å². The SMILES string of the molecule is c1ccc(-c2ccc(N3c4cc(N(c5ccccc5)c5ccccc5)cc5c4B4c6c(cccc6[Si](c6ccccc6)(c6ccccc6)c6cccc3c64)N5c3ccccc3)cc2)cc1. The molecule has 0 saturated carbocycles. The molecule has 13 rings (SSSR count). The highest BCUT2D eigenvalue weighted by molar-refractivity contribution is 7.27. The standard InChI is InChI=1S/C60H42BN3Si/c1-7-21-43(22-8-1)44-37-39-48(40-38-44)64-53-34-20-36-57-60(53)61-58-54(41-49(42-55(58)64)62(45-23-9-2-10-24-45)46-25-11-3-12-26-46)63(47-27-13-4-14-28-47)52-33-19-35-56(59(52)61)65(57,50-29-15-5-16-30-50)51-31-17-6-18-32-51/h1-42H. The Morgan fingerprint density at radius 1 is 0.308 bits per heavy atom. The van der Waals surface area contributed by atoms with Gasteiger partial charge in [0.25, 0.3) is 6.71 Å². The molecule has 0 bridgehead atoms. The summed E-state index contributed by atoms with van der Waals surface area (Å²) in [5.41, 5.74) is 17.0. The summed E-state index contributed by atoms with van der Waals surface area (Å²) in [5.74, 6) is 0. The number of hydrogen-bond acceptors (Lipinski definition) is 3. The highest BCUT2D eigenvalue weighted by Crippen LogP contribution is 2.48. The number of rotatable bonds is 8. The molecule has 0 unspecified atom stereocenters.